The van der Waals surface area contributed by atoms with Crippen LogP contribution in [0.15, 0.2) is 0 Å². The van der Waals surface area contributed by atoms with Crippen molar-refractivity contribution in [2.24, 2.45) is 0 Å². The van der Waals surface area contributed by atoms with Crippen LogP contribution in [0.2, 0.25) is 0 Å². The molecule has 0 aliphatic rings. The molecule has 50 valence electrons. The second-order valence-electron chi connectivity index (χ2n) is 1.35. The zero-order valence-corrected chi connectivity index (χ0v) is 6.51. The van der Waals surface area contributed by atoms with Gasteiger partial charge in [0, 0.05) is 0 Å². The summed E-state index contributed by atoms with van der Waals surface area (Å²) in [5, 5.41) is 0. The van der Waals surface area contributed by atoms with Crippen LogP contribution in [0.4, 0.5) is 0 Å². The molecule has 0 atom stereocenters. The Kier molecular flexibility index (Phi) is 6.58. The molecule has 0 fully saturated rings. The van der Waals surface area contributed by atoms with Crippen LogP contribution in [0.1, 0.15) is 12.8 Å². The van der Waals surface area contributed by atoms with Gasteiger partial charge in [-0.1, -0.05) is 0 Å². The van der Waals surface area contributed by atoms with Crippen LogP contribution in [-0.2, 0) is 4.29 Å². The average molecular weight is 177 g/mol. The maximum atomic E-state index is 5.38. The molecule has 0 spiro atoms. The highest BCUT2D eigenvalue weighted by Gasteiger charge is 1.96. The first kappa shape index (κ1) is 8.83. The molecule has 0 bridgehead atoms. The van der Waals surface area contributed by atoms with Gasteiger partial charge < -0.3 is 0 Å². The lowest BCUT2D eigenvalue weighted by molar-refractivity contribution is 0.340. The monoisotopic (exact) mass is 176 g/mol. The summed E-state index contributed by atoms with van der Waals surface area (Å²) in [5.74, 6) is 0. The SMILES string of the molecule is ClOCCCC(Cl)Cl. The smallest absolute Gasteiger partial charge is 0.107 e. The van der Waals surface area contributed by atoms with Gasteiger partial charge in [0.1, 0.15) is 4.84 Å². The Bertz CT molecular complexity index is 48.5. The van der Waals surface area contributed by atoms with Gasteiger partial charge in [0.25, 0.3) is 0 Å². The lowest BCUT2D eigenvalue weighted by atomic mass is 10.4. The highest BCUT2D eigenvalue weighted by molar-refractivity contribution is 6.44. The zero-order valence-electron chi connectivity index (χ0n) is 4.24. The normalized spacial score (nSPS) is 10.5. The number of halogens is 3. The van der Waals surface area contributed by atoms with Crippen molar-refractivity contribution in [3.63, 3.8) is 0 Å². The van der Waals surface area contributed by atoms with E-state index in [-0.39, 0.29) is 4.84 Å². The number of hydrogen-bond donors (Lipinski definition) is 0. The van der Waals surface area contributed by atoms with Gasteiger partial charge in [-0.2, -0.15) is 0 Å². The summed E-state index contributed by atoms with van der Waals surface area (Å²) in [4.78, 5) is -0.290. The quantitative estimate of drug-likeness (QED) is 0.474. The largest absolute Gasteiger partial charge is 0.279 e. The van der Waals surface area contributed by atoms with Crippen LogP contribution in [-0.4, -0.2) is 11.4 Å². The predicted molar refractivity (Wildman–Crippen MR) is 36.5 cm³/mol. The molecule has 0 aliphatic carbocycles. The number of alkyl halides is 2. The maximum absolute atomic E-state index is 5.38. The summed E-state index contributed by atoms with van der Waals surface area (Å²) in [6.07, 6.45) is 1.54. The van der Waals surface area contributed by atoms with E-state index < -0.39 is 0 Å². The maximum Gasteiger partial charge on any atom is 0.107 e. The Morgan fingerprint density at radius 3 is 2.38 bits per heavy atom. The molecule has 8 heavy (non-hydrogen) atoms. The molecule has 0 heterocycles. The van der Waals surface area contributed by atoms with Gasteiger partial charge in [-0.3, -0.25) is 4.29 Å². The molecular formula is C4H7Cl3O. The van der Waals surface area contributed by atoms with Gasteiger partial charge >= 0.3 is 0 Å². The van der Waals surface area contributed by atoms with Crippen LogP contribution >= 0.6 is 35.1 Å². The minimum Gasteiger partial charge on any atom is -0.279 e. The van der Waals surface area contributed by atoms with Gasteiger partial charge in [0.2, 0.25) is 0 Å². The number of rotatable bonds is 4. The lowest BCUT2D eigenvalue weighted by Gasteiger charge is -1.96. The molecule has 0 aromatic carbocycles. The average Bonchev–Trinajstić information content (AvgIpc) is 1.66. The molecule has 0 rings (SSSR count). The van der Waals surface area contributed by atoms with Crippen molar-refractivity contribution >= 4 is 35.1 Å². The van der Waals surface area contributed by atoms with Crippen molar-refractivity contribution < 1.29 is 4.29 Å². The van der Waals surface area contributed by atoms with E-state index in [0.29, 0.717) is 6.61 Å². The predicted octanol–water partition coefficient (Wildman–Crippen LogP) is 2.74. The Labute approximate surface area is 64.0 Å². The molecule has 0 N–H and O–H groups in total. The van der Waals surface area contributed by atoms with Crippen LogP contribution < -0.4 is 0 Å². The first-order valence-corrected chi connectivity index (χ1v) is 3.47. The van der Waals surface area contributed by atoms with Crippen molar-refractivity contribution in [3.05, 3.63) is 0 Å². The highest BCUT2D eigenvalue weighted by atomic mass is 35.5. The first-order chi connectivity index (χ1) is 3.77. The minimum absolute atomic E-state index is 0.290. The van der Waals surface area contributed by atoms with E-state index in [2.05, 4.69) is 4.29 Å². The second kappa shape index (κ2) is 5.96. The van der Waals surface area contributed by atoms with Crippen molar-refractivity contribution in [2.75, 3.05) is 6.61 Å². The fourth-order valence-corrected chi connectivity index (χ4v) is 0.710. The number of hydrogen-bond acceptors (Lipinski definition) is 1. The Morgan fingerprint density at radius 1 is 1.38 bits per heavy atom. The van der Waals surface area contributed by atoms with Crippen molar-refractivity contribution in [2.45, 2.75) is 17.7 Å². The van der Waals surface area contributed by atoms with Crippen molar-refractivity contribution in [1.82, 2.24) is 0 Å². The lowest BCUT2D eigenvalue weighted by Crippen LogP contribution is -1.90. The summed E-state index contributed by atoms with van der Waals surface area (Å²) < 4.78 is 4.25. The van der Waals surface area contributed by atoms with Gasteiger partial charge in [-0.05, 0) is 12.8 Å². The minimum atomic E-state index is -0.290. The van der Waals surface area contributed by atoms with E-state index in [9.17, 15) is 0 Å². The summed E-state index contributed by atoms with van der Waals surface area (Å²) >= 11 is 15.7. The van der Waals surface area contributed by atoms with E-state index in [1.807, 2.05) is 0 Å². The second-order valence-corrected chi connectivity index (χ2v) is 2.84. The topological polar surface area (TPSA) is 9.23 Å². The van der Waals surface area contributed by atoms with E-state index >= 15 is 0 Å². The Hall–Kier alpha value is 0.830. The van der Waals surface area contributed by atoms with Crippen LogP contribution in [0.25, 0.3) is 0 Å². The molecule has 0 saturated heterocycles. The van der Waals surface area contributed by atoms with Gasteiger partial charge in [-0.15, -0.1) is 23.2 Å². The van der Waals surface area contributed by atoms with Crippen LogP contribution in [0.5, 0.6) is 0 Å². The third-order valence-electron chi connectivity index (χ3n) is 0.644. The molecule has 0 aromatic heterocycles. The fraction of sp³-hybridized carbons (Fsp3) is 1.00. The molecule has 0 amide bonds. The summed E-state index contributed by atoms with van der Waals surface area (Å²) in [7, 11) is 0. The molecule has 1 nitrogen and oxygen atoms in total. The Morgan fingerprint density at radius 2 is 2.00 bits per heavy atom. The van der Waals surface area contributed by atoms with E-state index in [1.165, 1.54) is 0 Å². The fourth-order valence-electron chi connectivity index (χ4n) is 0.292. The Balaban J connectivity index is 2.72. The molecule has 0 radical (unpaired) electrons. The molecule has 0 unspecified atom stereocenters. The third-order valence-corrected chi connectivity index (χ3v) is 1.23. The van der Waals surface area contributed by atoms with Crippen molar-refractivity contribution in [3.8, 4) is 0 Å². The van der Waals surface area contributed by atoms with E-state index in [4.69, 9.17) is 35.1 Å². The molecular weight excluding hydrogens is 170 g/mol. The van der Waals surface area contributed by atoms with E-state index in [0.717, 1.165) is 12.8 Å². The summed E-state index contributed by atoms with van der Waals surface area (Å²) in [6.45, 7) is 0.511. The molecule has 0 aromatic rings. The van der Waals surface area contributed by atoms with Gasteiger partial charge in [0.05, 0.1) is 18.5 Å². The summed E-state index contributed by atoms with van der Waals surface area (Å²) in [6, 6.07) is 0. The van der Waals surface area contributed by atoms with Crippen LogP contribution in [0, 0.1) is 0 Å². The zero-order chi connectivity index (χ0) is 6.41. The summed E-state index contributed by atoms with van der Waals surface area (Å²) in [5.41, 5.74) is 0. The van der Waals surface area contributed by atoms with Gasteiger partial charge in [0.15, 0.2) is 0 Å². The van der Waals surface area contributed by atoms with Crippen molar-refractivity contribution in [1.29, 1.82) is 0 Å². The van der Waals surface area contributed by atoms with Crippen LogP contribution in [0.3, 0.4) is 0 Å². The highest BCUT2D eigenvalue weighted by Crippen LogP contribution is 2.09. The first-order valence-electron chi connectivity index (χ1n) is 2.29. The molecule has 4 heteroatoms. The standard InChI is InChI=1S/C4H7Cl3O/c5-4(6)2-1-3-8-7/h4H,1-3H2. The third kappa shape index (κ3) is 6.83. The van der Waals surface area contributed by atoms with Gasteiger partial charge in [-0.25, -0.2) is 0 Å². The van der Waals surface area contributed by atoms with E-state index in [1.54, 1.807) is 0 Å². The molecule has 0 aliphatic heterocycles. The molecule has 0 saturated carbocycles.